The van der Waals surface area contributed by atoms with E-state index in [9.17, 15) is 0 Å². The molecular weight excluding hydrogens is 220 g/mol. The van der Waals surface area contributed by atoms with Crippen molar-refractivity contribution in [1.29, 1.82) is 0 Å². The summed E-state index contributed by atoms with van der Waals surface area (Å²) in [4.78, 5) is 2.39. The van der Waals surface area contributed by atoms with Gasteiger partial charge < -0.3 is 5.73 Å². The monoisotopic (exact) mass is 238 g/mol. The highest BCUT2D eigenvalue weighted by atomic mass is 35.5. The molecule has 0 spiro atoms. The van der Waals surface area contributed by atoms with Gasteiger partial charge in [0.2, 0.25) is 0 Å². The second-order valence-electron chi connectivity index (χ2n) is 4.76. The minimum absolute atomic E-state index is 0.302. The van der Waals surface area contributed by atoms with Gasteiger partial charge in [0.15, 0.2) is 0 Å². The Bertz CT molecular complexity index is 354. The van der Waals surface area contributed by atoms with Gasteiger partial charge in [0.05, 0.1) is 0 Å². The highest BCUT2D eigenvalue weighted by Gasteiger charge is 2.23. The summed E-state index contributed by atoms with van der Waals surface area (Å²) in [6.45, 7) is 5.25. The first-order chi connectivity index (χ1) is 7.66. The van der Waals surface area contributed by atoms with E-state index in [-0.39, 0.29) is 0 Å². The van der Waals surface area contributed by atoms with Crippen molar-refractivity contribution in [3.8, 4) is 0 Å². The molecular formula is C13H19ClN2. The molecule has 2 unspecified atom stereocenters. The third-order valence-corrected chi connectivity index (χ3v) is 3.82. The SMILES string of the molecule is CC1CCN(Cc2ccccc2Cl)CC1N. The first-order valence-electron chi connectivity index (χ1n) is 5.88. The Morgan fingerprint density at radius 1 is 1.44 bits per heavy atom. The van der Waals surface area contributed by atoms with E-state index in [0.717, 1.165) is 24.7 Å². The van der Waals surface area contributed by atoms with Crippen molar-refractivity contribution in [3.63, 3.8) is 0 Å². The molecule has 0 aromatic heterocycles. The van der Waals surface area contributed by atoms with Gasteiger partial charge in [0.25, 0.3) is 0 Å². The molecule has 1 aliphatic heterocycles. The van der Waals surface area contributed by atoms with Gasteiger partial charge in [-0.15, -0.1) is 0 Å². The number of hydrogen-bond acceptors (Lipinski definition) is 2. The zero-order valence-corrected chi connectivity index (χ0v) is 10.5. The molecule has 0 saturated carbocycles. The van der Waals surface area contributed by atoms with Crippen molar-refractivity contribution in [1.82, 2.24) is 4.90 Å². The van der Waals surface area contributed by atoms with E-state index in [1.54, 1.807) is 0 Å². The standard InChI is InChI=1S/C13H19ClN2/c1-10-6-7-16(9-13(10)15)8-11-4-2-3-5-12(11)14/h2-5,10,13H,6-9,15H2,1H3. The number of rotatable bonds is 2. The number of nitrogens with zero attached hydrogens (tertiary/aromatic N) is 1. The smallest absolute Gasteiger partial charge is 0.0451 e. The molecule has 2 atom stereocenters. The average Bonchev–Trinajstić information content (AvgIpc) is 2.27. The number of nitrogens with two attached hydrogens (primary N) is 1. The number of halogens is 1. The minimum Gasteiger partial charge on any atom is -0.326 e. The lowest BCUT2D eigenvalue weighted by atomic mass is 9.94. The Morgan fingerprint density at radius 2 is 2.19 bits per heavy atom. The molecule has 2 rings (SSSR count). The van der Waals surface area contributed by atoms with E-state index >= 15 is 0 Å². The van der Waals surface area contributed by atoms with Crippen molar-refractivity contribution in [2.75, 3.05) is 13.1 Å². The summed E-state index contributed by atoms with van der Waals surface area (Å²) in [5.74, 6) is 0.641. The van der Waals surface area contributed by atoms with Crippen molar-refractivity contribution in [3.05, 3.63) is 34.9 Å². The van der Waals surface area contributed by atoms with Crippen LogP contribution in [0.3, 0.4) is 0 Å². The van der Waals surface area contributed by atoms with E-state index in [2.05, 4.69) is 17.9 Å². The second kappa shape index (κ2) is 5.17. The quantitative estimate of drug-likeness (QED) is 0.858. The maximum absolute atomic E-state index is 6.15. The lowest BCUT2D eigenvalue weighted by Gasteiger charge is -2.35. The van der Waals surface area contributed by atoms with Gasteiger partial charge in [-0.1, -0.05) is 36.7 Å². The van der Waals surface area contributed by atoms with Crippen LogP contribution in [0.15, 0.2) is 24.3 Å². The molecule has 1 aliphatic rings. The minimum atomic E-state index is 0.302. The molecule has 2 nitrogen and oxygen atoms in total. The molecule has 0 bridgehead atoms. The fourth-order valence-corrected chi connectivity index (χ4v) is 2.38. The maximum Gasteiger partial charge on any atom is 0.0451 e. The van der Waals surface area contributed by atoms with Crippen LogP contribution in [0.2, 0.25) is 5.02 Å². The molecule has 1 aromatic rings. The summed E-state index contributed by atoms with van der Waals surface area (Å²) in [5.41, 5.74) is 7.29. The topological polar surface area (TPSA) is 29.3 Å². The number of benzene rings is 1. The summed E-state index contributed by atoms with van der Waals surface area (Å²) in [5, 5.41) is 0.856. The first-order valence-corrected chi connectivity index (χ1v) is 6.26. The van der Waals surface area contributed by atoms with Crippen LogP contribution in [0.25, 0.3) is 0 Å². The predicted octanol–water partition coefficient (Wildman–Crippen LogP) is 2.51. The van der Waals surface area contributed by atoms with Gasteiger partial charge in [-0.3, -0.25) is 4.90 Å². The highest BCUT2D eigenvalue weighted by molar-refractivity contribution is 6.31. The Kier molecular flexibility index (Phi) is 3.85. The fraction of sp³-hybridized carbons (Fsp3) is 0.538. The molecule has 16 heavy (non-hydrogen) atoms. The predicted molar refractivity (Wildman–Crippen MR) is 68.5 cm³/mol. The Balaban J connectivity index is 1.98. The third kappa shape index (κ3) is 2.76. The van der Waals surface area contributed by atoms with Crippen molar-refractivity contribution >= 4 is 11.6 Å². The van der Waals surface area contributed by atoms with E-state index in [1.807, 2.05) is 18.2 Å². The third-order valence-electron chi connectivity index (χ3n) is 3.45. The maximum atomic E-state index is 6.15. The van der Waals surface area contributed by atoms with Crippen molar-refractivity contribution in [2.45, 2.75) is 25.9 Å². The van der Waals surface area contributed by atoms with Crippen LogP contribution in [-0.4, -0.2) is 24.0 Å². The molecule has 2 N–H and O–H groups in total. The Morgan fingerprint density at radius 3 is 2.88 bits per heavy atom. The second-order valence-corrected chi connectivity index (χ2v) is 5.16. The Hall–Kier alpha value is -0.570. The number of piperidine rings is 1. The van der Waals surface area contributed by atoms with Gasteiger partial charge in [0, 0.05) is 24.2 Å². The van der Waals surface area contributed by atoms with Gasteiger partial charge in [-0.25, -0.2) is 0 Å². The van der Waals surface area contributed by atoms with Gasteiger partial charge >= 0.3 is 0 Å². The van der Waals surface area contributed by atoms with E-state index in [4.69, 9.17) is 17.3 Å². The van der Waals surface area contributed by atoms with Crippen LogP contribution in [-0.2, 0) is 6.54 Å². The highest BCUT2D eigenvalue weighted by Crippen LogP contribution is 2.21. The number of likely N-dealkylation sites (tertiary alicyclic amines) is 1. The zero-order chi connectivity index (χ0) is 11.5. The normalized spacial score (nSPS) is 26.9. The van der Waals surface area contributed by atoms with E-state index in [1.165, 1.54) is 12.0 Å². The van der Waals surface area contributed by atoms with Crippen LogP contribution in [0.1, 0.15) is 18.9 Å². The molecule has 0 amide bonds. The van der Waals surface area contributed by atoms with Crippen LogP contribution >= 0.6 is 11.6 Å². The van der Waals surface area contributed by atoms with Crippen molar-refractivity contribution in [2.24, 2.45) is 11.7 Å². The average molecular weight is 239 g/mol. The van der Waals surface area contributed by atoms with Crippen LogP contribution in [0.5, 0.6) is 0 Å². The van der Waals surface area contributed by atoms with Crippen LogP contribution in [0, 0.1) is 5.92 Å². The largest absolute Gasteiger partial charge is 0.326 e. The molecule has 0 aliphatic carbocycles. The van der Waals surface area contributed by atoms with E-state index in [0.29, 0.717) is 12.0 Å². The van der Waals surface area contributed by atoms with E-state index < -0.39 is 0 Å². The molecule has 1 fully saturated rings. The fourth-order valence-electron chi connectivity index (χ4n) is 2.18. The summed E-state index contributed by atoms with van der Waals surface area (Å²) in [6.07, 6.45) is 1.19. The van der Waals surface area contributed by atoms with Crippen LogP contribution in [0.4, 0.5) is 0 Å². The first kappa shape index (κ1) is 11.9. The lowest BCUT2D eigenvalue weighted by Crippen LogP contribution is -2.47. The molecule has 1 heterocycles. The summed E-state index contributed by atoms with van der Waals surface area (Å²) < 4.78 is 0. The number of hydrogen-bond donors (Lipinski definition) is 1. The lowest BCUT2D eigenvalue weighted by molar-refractivity contribution is 0.162. The van der Waals surface area contributed by atoms with Gasteiger partial charge in [-0.2, -0.15) is 0 Å². The summed E-state index contributed by atoms with van der Waals surface area (Å²) >= 11 is 6.15. The van der Waals surface area contributed by atoms with Gasteiger partial charge in [-0.05, 0) is 30.5 Å². The van der Waals surface area contributed by atoms with Crippen LogP contribution < -0.4 is 5.73 Å². The zero-order valence-electron chi connectivity index (χ0n) is 9.70. The molecule has 3 heteroatoms. The summed E-state index contributed by atoms with van der Waals surface area (Å²) in [7, 11) is 0. The molecule has 1 aromatic carbocycles. The summed E-state index contributed by atoms with van der Waals surface area (Å²) in [6, 6.07) is 8.34. The molecule has 0 radical (unpaired) electrons. The Labute approximate surface area is 102 Å². The van der Waals surface area contributed by atoms with Gasteiger partial charge in [0.1, 0.15) is 0 Å². The molecule has 88 valence electrons. The van der Waals surface area contributed by atoms with Crippen molar-refractivity contribution < 1.29 is 0 Å². The molecule has 1 saturated heterocycles.